The molecule has 2 aromatic carbocycles. The Labute approximate surface area is 146 Å². The van der Waals surface area contributed by atoms with Crippen LogP contribution >= 0.6 is 0 Å². The van der Waals surface area contributed by atoms with E-state index in [0.717, 1.165) is 24.3 Å². The van der Waals surface area contributed by atoms with Crippen molar-refractivity contribution < 1.29 is 31.5 Å². The van der Waals surface area contributed by atoms with E-state index >= 15 is 0 Å². The van der Waals surface area contributed by atoms with Gasteiger partial charge in [-0.25, -0.2) is 13.6 Å². The van der Waals surface area contributed by atoms with E-state index in [1.54, 1.807) is 0 Å². The zero-order valence-electron chi connectivity index (χ0n) is 13.6. The van der Waals surface area contributed by atoms with E-state index in [1.165, 1.54) is 30.1 Å². The van der Waals surface area contributed by atoms with Crippen LogP contribution < -0.4 is 10.1 Å². The second kappa shape index (κ2) is 8.03. The summed E-state index contributed by atoms with van der Waals surface area (Å²) in [6.45, 7) is -0.0162. The van der Waals surface area contributed by atoms with Crippen molar-refractivity contribution in [2.75, 3.05) is 7.05 Å². The number of nitrogens with one attached hydrogen (secondary N) is 1. The van der Waals surface area contributed by atoms with Gasteiger partial charge in [0.2, 0.25) is 0 Å². The van der Waals surface area contributed by atoms with Crippen LogP contribution in [-0.2, 0) is 13.1 Å². The lowest BCUT2D eigenvalue weighted by Crippen LogP contribution is -2.36. The molecule has 0 spiro atoms. The molecule has 0 saturated carbocycles. The summed E-state index contributed by atoms with van der Waals surface area (Å²) in [4.78, 5) is 13.2. The summed E-state index contributed by atoms with van der Waals surface area (Å²) in [5, 5.41) is 2.54. The lowest BCUT2D eigenvalue weighted by molar-refractivity contribution is -0.274. The number of benzene rings is 2. The fraction of sp³-hybridized carbons (Fsp3) is 0.235. The first-order chi connectivity index (χ1) is 12.1. The molecule has 2 amide bonds. The molecule has 0 aromatic heterocycles. The van der Waals surface area contributed by atoms with Gasteiger partial charge in [0.05, 0.1) is 0 Å². The number of urea groups is 1. The second-order valence-electron chi connectivity index (χ2n) is 5.44. The molecule has 140 valence electrons. The Balaban J connectivity index is 1.87. The molecule has 26 heavy (non-hydrogen) atoms. The fourth-order valence-corrected chi connectivity index (χ4v) is 2.10. The predicted octanol–water partition coefficient (Wildman–Crippen LogP) is 4.21. The van der Waals surface area contributed by atoms with E-state index in [1.807, 2.05) is 0 Å². The van der Waals surface area contributed by atoms with Gasteiger partial charge in [-0.3, -0.25) is 0 Å². The Morgan fingerprint density at radius 1 is 1.12 bits per heavy atom. The normalized spacial score (nSPS) is 11.2. The van der Waals surface area contributed by atoms with Gasteiger partial charge in [-0.05, 0) is 23.8 Å². The van der Waals surface area contributed by atoms with Gasteiger partial charge >= 0.3 is 12.4 Å². The van der Waals surface area contributed by atoms with E-state index in [9.17, 15) is 26.7 Å². The van der Waals surface area contributed by atoms with Gasteiger partial charge in [0, 0.05) is 31.8 Å². The third kappa shape index (κ3) is 5.91. The Hall–Kier alpha value is -2.84. The second-order valence-corrected chi connectivity index (χ2v) is 5.44. The molecular formula is C17H15F5N2O2. The monoisotopic (exact) mass is 374 g/mol. The Morgan fingerprint density at radius 3 is 2.35 bits per heavy atom. The molecule has 0 heterocycles. The molecule has 0 aliphatic heterocycles. The van der Waals surface area contributed by atoms with Gasteiger partial charge in [-0.1, -0.05) is 18.2 Å². The molecule has 0 unspecified atom stereocenters. The van der Waals surface area contributed by atoms with Crippen LogP contribution in [0.4, 0.5) is 26.7 Å². The van der Waals surface area contributed by atoms with E-state index in [2.05, 4.69) is 10.1 Å². The Morgan fingerprint density at radius 2 is 1.77 bits per heavy atom. The zero-order valence-corrected chi connectivity index (χ0v) is 13.6. The minimum absolute atomic E-state index is 0.0569. The molecule has 1 N–H and O–H groups in total. The van der Waals surface area contributed by atoms with Gasteiger partial charge in [-0.15, -0.1) is 13.2 Å². The molecule has 0 aliphatic rings. The summed E-state index contributed by atoms with van der Waals surface area (Å²) in [5.41, 5.74) is 0.701. The third-order valence-electron chi connectivity index (χ3n) is 3.37. The predicted molar refractivity (Wildman–Crippen MR) is 83.2 cm³/mol. The number of carbonyl (C=O) groups is 1. The first kappa shape index (κ1) is 19.5. The maximum atomic E-state index is 13.6. The van der Waals surface area contributed by atoms with Crippen LogP contribution in [0.3, 0.4) is 0 Å². The van der Waals surface area contributed by atoms with Crippen molar-refractivity contribution in [2.45, 2.75) is 19.5 Å². The van der Waals surface area contributed by atoms with Crippen LogP contribution in [0.5, 0.6) is 5.75 Å². The van der Waals surface area contributed by atoms with Gasteiger partial charge in [0.15, 0.2) is 0 Å². The van der Waals surface area contributed by atoms with Gasteiger partial charge in [-0.2, -0.15) is 0 Å². The highest BCUT2D eigenvalue weighted by Crippen LogP contribution is 2.22. The van der Waals surface area contributed by atoms with E-state index in [4.69, 9.17) is 0 Å². The molecule has 0 saturated heterocycles. The lowest BCUT2D eigenvalue weighted by atomic mass is 10.2. The summed E-state index contributed by atoms with van der Waals surface area (Å²) in [7, 11) is 1.43. The molecule has 9 heteroatoms. The third-order valence-corrected chi connectivity index (χ3v) is 3.37. The number of halogens is 5. The fourth-order valence-electron chi connectivity index (χ4n) is 2.10. The number of hydrogen-bond donors (Lipinski definition) is 1. The molecule has 2 rings (SSSR count). The largest absolute Gasteiger partial charge is 0.573 e. The summed E-state index contributed by atoms with van der Waals surface area (Å²) < 4.78 is 66.5. The zero-order chi connectivity index (χ0) is 19.3. The van der Waals surface area contributed by atoms with Crippen molar-refractivity contribution in [3.8, 4) is 5.75 Å². The maximum Gasteiger partial charge on any atom is 0.573 e. The number of ether oxygens (including phenoxy) is 1. The molecule has 2 aromatic rings. The Bertz CT molecular complexity index is 763. The summed E-state index contributed by atoms with van der Waals surface area (Å²) in [6.07, 6.45) is -4.77. The highest BCUT2D eigenvalue weighted by atomic mass is 19.4. The number of nitrogens with zero attached hydrogens (tertiary/aromatic N) is 1. The highest BCUT2D eigenvalue weighted by molar-refractivity contribution is 5.73. The molecule has 0 radical (unpaired) electrons. The number of alkyl halides is 3. The van der Waals surface area contributed by atoms with Crippen molar-refractivity contribution in [2.24, 2.45) is 0 Å². The van der Waals surface area contributed by atoms with Crippen molar-refractivity contribution in [3.63, 3.8) is 0 Å². The van der Waals surface area contributed by atoms with Gasteiger partial charge in [0.25, 0.3) is 0 Å². The SMILES string of the molecule is CN(Cc1ccc(F)cc1F)C(=O)NCc1ccc(OC(F)(F)F)cc1. The van der Waals surface area contributed by atoms with Gasteiger partial charge < -0.3 is 15.0 Å². The smallest absolute Gasteiger partial charge is 0.406 e. The van der Waals surface area contributed by atoms with E-state index in [0.29, 0.717) is 5.56 Å². The number of hydrogen-bond acceptors (Lipinski definition) is 2. The number of rotatable bonds is 5. The Kier molecular flexibility index (Phi) is 6.01. The first-order valence-corrected chi connectivity index (χ1v) is 7.41. The minimum Gasteiger partial charge on any atom is -0.406 e. The van der Waals surface area contributed by atoms with Crippen molar-refractivity contribution in [3.05, 3.63) is 65.2 Å². The van der Waals surface area contributed by atoms with Crippen molar-refractivity contribution >= 4 is 6.03 Å². The highest BCUT2D eigenvalue weighted by Gasteiger charge is 2.30. The van der Waals surface area contributed by atoms with E-state index in [-0.39, 0.29) is 24.4 Å². The van der Waals surface area contributed by atoms with Crippen LogP contribution in [0.1, 0.15) is 11.1 Å². The van der Waals surface area contributed by atoms with Crippen LogP contribution in [0.2, 0.25) is 0 Å². The van der Waals surface area contributed by atoms with Gasteiger partial charge in [0.1, 0.15) is 17.4 Å². The molecule has 4 nitrogen and oxygen atoms in total. The number of carbonyl (C=O) groups excluding carboxylic acids is 1. The molecule has 0 aliphatic carbocycles. The standard InChI is InChI=1S/C17H15F5N2O2/c1-24(10-12-4-5-13(18)8-15(12)19)16(25)23-9-11-2-6-14(7-3-11)26-17(20,21)22/h2-8H,9-10H2,1H3,(H,23,25). The first-order valence-electron chi connectivity index (χ1n) is 7.41. The quantitative estimate of drug-likeness (QED) is 0.797. The van der Waals surface area contributed by atoms with Crippen LogP contribution in [0.25, 0.3) is 0 Å². The van der Waals surface area contributed by atoms with Crippen LogP contribution in [0.15, 0.2) is 42.5 Å². The maximum absolute atomic E-state index is 13.6. The molecule has 0 fully saturated rings. The van der Waals surface area contributed by atoms with E-state index < -0.39 is 24.0 Å². The topological polar surface area (TPSA) is 41.6 Å². The van der Waals surface area contributed by atoms with Crippen LogP contribution in [-0.4, -0.2) is 24.3 Å². The van der Waals surface area contributed by atoms with Crippen LogP contribution in [0, 0.1) is 11.6 Å². The lowest BCUT2D eigenvalue weighted by Gasteiger charge is -2.18. The number of amides is 2. The minimum atomic E-state index is -4.77. The van der Waals surface area contributed by atoms with Crippen molar-refractivity contribution in [1.29, 1.82) is 0 Å². The summed E-state index contributed by atoms with van der Waals surface area (Å²) in [5.74, 6) is -1.84. The molecule has 0 atom stereocenters. The summed E-state index contributed by atoms with van der Waals surface area (Å²) in [6, 6.07) is 7.55. The molecular weight excluding hydrogens is 359 g/mol. The summed E-state index contributed by atoms with van der Waals surface area (Å²) >= 11 is 0. The average molecular weight is 374 g/mol. The average Bonchev–Trinajstić information content (AvgIpc) is 2.55. The molecule has 0 bridgehead atoms. The van der Waals surface area contributed by atoms with Crippen molar-refractivity contribution in [1.82, 2.24) is 10.2 Å².